The van der Waals surface area contributed by atoms with Crippen LogP contribution in [0.3, 0.4) is 0 Å². The molecule has 0 aromatic heterocycles. The lowest BCUT2D eigenvalue weighted by atomic mass is 10.0. The lowest BCUT2D eigenvalue weighted by molar-refractivity contribution is -0.131. The Kier molecular flexibility index (Phi) is 9.50. The first kappa shape index (κ1) is 22.7. The molecule has 158 valence electrons. The number of nitrogens with one attached hydrogen (secondary N) is 1. The maximum Gasteiger partial charge on any atom is 0.335 e. The minimum Gasteiger partial charge on any atom is -0.381 e. The van der Waals surface area contributed by atoms with Gasteiger partial charge in [0.15, 0.2) is 5.92 Å². The largest absolute Gasteiger partial charge is 0.381 e. The van der Waals surface area contributed by atoms with E-state index in [1.165, 1.54) is 25.5 Å². The second-order valence-electron chi connectivity index (χ2n) is 7.18. The molecule has 1 saturated heterocycles. The van der Waals surface area contributed by atoms with E-state index >= 15 is 0 Å². The molecule has 1 heterocycles. The zero-order chi connectivity index (χ0) is 21.1. The Labute approximate surface area is 172 Å². The number of nitrogens with zero attached hydrogens (tertiary/aromatic N) is 2. The van der Waals surface area contributed by atoms with Gasteiger partial charge in [-0.3, -0.25) is 19.9 Å². The predicted octanol–water partition coefficient (Wildman–Crippen LogP) is 3.58. The molecule has 0 saturated carbocycles. The Morgan fingerprint density at radius 2 is 1.93 bits per heavy atom. The Balaban J connectivity index is 1.79. The molecule has 0 radical (unpaired) electrons. The number of hydrogen-bond acceptors (Lipinski definition) is 5. The highest BCUT2D eigenvalue weighted by Crippen LogP contribution is 2.19. The van der Waals surface area contributed by atoms with Crippen LogP contribution in [0.4, 0.5) is 10.5 Å². The molecule has 0 bridgehead atoms. The van der Waals surface area contributed by atoms with Gasteiger partial charge in [-0.1, -0.05) is 51.3 Å². The summed E-state index contributed by atoms with van der Waals surface area (Å²) in [5, 5.41) is 2.22. The van der Waals surface area contributed by atoms with Crippen molar-refractivity contribution in [3.8, 4) is 0 Å². The third-order valence-corrected chi connectivity index (χ3v) is 4.94. The van der Waals surface area contributed by atoms with Gasteiger partial charge in [0, 0.05) is 26.0 Å². The van der Waals surface area contributed by atoms with Crippen LogP contribution < -0.4 is 10.2 Å². The number of carbonyl (C=O) groups is 3. The van der Waals surface area contributed by atoms with Crippen LogP contribution in [-0.2, 0) is 14.3 Å². The molecule has 1 aliphatic heterocycles. The molecular formula is C22H31N3O4. The van der Waals surface area contributed by atoms with Gasteiger partial charge in [0.25, 0.3) is 5.91 Å². The number of benzene rings is 1. The van der Waals surface area contributed by atoms with Crippen molar-refractivity contribution in [3.63, 3.8) is 0 Å². The quantitative estimate of drug-likeness (QED) is 0.329. The number of anilines is 1. The first-order valence-corrected chi connectivity index (χ1v) is 10.4. The second kappa shape index (κ2) is 12.1. The monoisotopic (exact) mass is 401 g/mol. The second-order valence-corrected chi connectivity index (χ2v) is 7.18. The SMILES string of the molecule is CCCC[C@H](CC)COCCCN=CC1C(=O)NC(=O)N(c2ccccc2)C1=O. The summed E-state index contributed by atoms with van der Waals surface area (Å²) in [4.78, 5) is 41.9. The zero-order valence-electron chi connectivity index (χ0n) is 17.3. The maximum absolute atomic E-state index is 12.6. The fourth-order valence-electron chi connectivity index (χ4n) is 3.13. The van der Waals surface area contributed by atoms with E-state index in [0.29, 0.717) is 31.2 Å². The van der Waals surface area contributed by atoms with Crippen LogP contribution in [0.5, 0.6) is 0 Å². The molecule has 1 unspecified atom stereocenters. The number of aliphatic imine (C=N–C) groups is 1. The maximum atomic E-state index is 12.6. The molecule has 2 atom stereocenters. The van der Waals surface area contributed by atoms with E-state index in [4.69, 9.17) is 4.74 Å². The zero-order valence-corrected chi connectivity index (χ0v) is 17.3. The highest BCUT2D eigenvalue weighted by atomic mass is 16.5. The average molecular weight is 402 g/mol. The number of barbiturate groups is 1. The molecule has 7 nitrogen and oxygen atoms in total. The van der Waals surface area contributed by atoms with E-state index in [0.717, 1.165) is 17.9 Å². The lowest BCUT2D eigenvalue weighted by Gasteiger charge is -2.28. The van der Waals surface area contributed by atoms with E-state index < -0.39 is 23.8 Å². The van der Waals surface area contributed by atoms with E-state index in [9.17, 15) is 14.4 Å². The van der Waals surface area contributed by atoms with Gasteiger partial charge in [0.2, 0.25) is 5.91 Å². The third kappa shape index (κ3) is 6.78. The van der Waals surface area contributed by atoms with E-state index in [-0.39, 0.29) is 0 Å². The molecule has 0 aliphatic carbocycles. The first-order valence-electron chi connectivity index (χ1n) is 10.4. The number of para-hydroxylation sites is 1. The van der Waals surface area contributed by atoms with Crippen molar-refractivity contribution in [2.45, 2.75) is 46.0 Å². The first-order chi connectivity index (χ1) is 14.1. The molecule has 1 aromatic rings. The van der Waals surface area contributed by atoms with Gasteiger partial charge in [0.1, 0.15) is 0 Å². The molecule has 1 aliphatic rings. The Hall–Kier alpha value is -2.54. The molecule has 2 rings (SSSR count). The predicted molar refractivity (Wildman–Crippen MR) is 113 cm³/mol. The summed E-state index contributed by atoms with van der Waals surface area (Å²) in [5.41, 5.74) is 0.419. The van der Waals surface area contributed by atoms with E-state index in [1.807, 2.05) is 0 Å². The molecule has 7 heteroatoms. The standard InChI is InChI=1S/C22H31N3O4/c1-3-5-10-17(4-2)16-29-14-9-13-23-15-19-20(26)24-22(28)25(21(19)27)18-11-7-6-8-12-18/h6-8,11-12,15,17,19H,3-5,9-10,13-14,16H2,1-2H3,(H,24,26,28)/t17-,19?/m0/s1. The van der Waals surface area contributed by atoms with Crippen molar-refractivity contribution in [2.24, 2.45) is 16.8 Å². The number of imide groups is 2. The van der Waals surface area contributed by atoms with Gasteiger partial charge in [-0.05, 0) is 30.9 Å². The van der Waals surface area contributed by atoms with Crippen molar-refractivity contribution >= 4 is 29.7 Å². The van der Waals surface area contributed by atoms with E-state index in [2.05, 4.69) is 24.2 Å². The lowest BCUT2D eigenvalue weighted by Crippen LogP contribution is -2.58. The van der Waals surface area contributed by atoms with E-state index in [1.54, 1.807) is 30.3 Å². The van der Waals surface area contributed by atoms with Gasteiger partial charge >= 0.3 is 6.03 Å². The summed E-state index contributed by atoms with van der Waals surface area (Å²) in [6.07, 6.45) is 6.78. The minimum absolute atomic E-state index is 0.419. The van der Waals surface area contributed by atoms with Crippen molar-refractivity contribution in [3.05, 3.63) is 30.3 Å². The smallest absolute Gasteiger partial charge is 0.335 e. The third-order valence-electron chi connectivity index (χ3n) is 4.94. The van der Waals surface area contributed by atoms with Crippen LogP contribution in [-0.4, -0.2) is 43.8 Å². The summed E-state index contributed by atoms with van der Waals surface area (Å²) in [6.45, 7) is 6.20. The fraction of sp³-hybridized carbons (Fsp3) is 0.545. The van der Waals surface area contributed by atoms with Crippen LogP contribution in [0.1, 0.15) is 46.0 Å². The summed E-state index contributed by atoms with van der Waals surface area (Å²) < 4.78 is 5.73. The molecule has 1 N–H and O–H groups in total. The van der Waals surface area contributed by atoms with Crippen LogP contribution in [0, 0.1) is 11.8 Å². The van der Waals surface area contributed by atoms with Gasteiger partial charge in [-0.15, -0.1) is 0 Å². The molecule has 0 spiro atoms. The van der Waals surface area contributed by atoms with Crippen LogP contribution in [0.2, 0.25) is 0 Å². The van der Waals surface area contributed by atoms with Crippen molar-refractivity contribution in [2.75, 3.05) is 24.7 Å². The number of carbonyl (C=O) groups excluding carboxylic acids is 3. The fourth-order valence-corrected chi connectivity index (χ4v) is 3.13. The molecule has 1 fully saturated rings. The number of rotatable bonds is 12. The number of urea groups is 1. The molecule has 1 aromatic carbocycles. The van der Waals surface area contributed by atoms with Crippen molar-refractivity contribution in [1.82, 2.24) is 5.32 Å². The number of unbranched alkanes of at least 4 members (excludes halogenated alkanes) is 1. The summed E-state index contributed by atoms with van der Waals surface area (Å²) in [6, 6.07) is 7.78. The number of amides is 4. The molecular weight excluding hydrogens is 370 g/mol. The van der Waals surface area contributed by atoms with Crippen LogP contribution in [0.15, 0.2) is 35.3 Å². The highest BCUT2D eigenvalue weighted by molar-refractivity contribution is 6.32. The molecule has 29 heavy (non-hydrogen) atoms. The number of ether oxygens (including phenoxy) is 1. The topological polar surface area (TPSA) is 88.1 Å². The van der Waals surface area contributed by atoms with Gasteiger partial charge < -0.3 is 4.74 Å². The van der Waals surface area contributed by atoms with Crippen LogP contribution >= 0.6 is 0 Å². The van der Waals surface area contributed by atoms with Gasteiger partial charge in [0.05, 0.1) is 5.69 Å². The van der Waals surface area contributed by atoms with Crippen molar-refractivity contribution < 1.29 is 19.1 Å². The summed E-state index contributed by atoms with van der Waals surface area (Å²) in [5.74, 6) is -1.74. The normalized spacial score (nSPS) is 18.3. The van der Waals surface area contributed by atoms with Gasteiger partial charge in [-0.25, -0.2) is 9.69 Å². The Bertz CT molecular complexity index is 705. The Morgan fingerprint density at radius 1 is 1.17 bits per heavy atom. The highest BCUT2D eigenvalue weighted by Gasteiger charge is 2.40. The summed E-state index contributed by atoms with van der Waals surface area (Å²) in [7, 11) is 0. The molecule has 4 amide bonds. The Morgan fingerprint density at radius 3 is 2.62 bits per heavy atom. The van der Waals surface area contributed by atoms with Crippen LogP contribution in [0.25, 0.3) is 0 Å². The van der Waals surface area contributed by atoms with Gasteiger partial charge in [-0.2, -0.15) is 0 Å². The minimum atomic E-state index is -1.10. The number of hydrogen-bond donors (Lipinski definition) is 1. The van der Waals surface area contributed by atoms with Crippen molar-refractivity contribution in [1.29, 1.82) is 0 Å². The average Bonchev–Trinajstić information content (AvgIpc) is 2.72. The summed E-state index contributed by atoms with van der Waals surface area (Å²) >= 11 is 0.